The van der Waals surface area contributed by atoms with Crippen LogP contribution < -0.4 is 5.32 Å². The van der Waals surface area contributed by atoms with Crippen molar-refractivity contribution in [1.29, 1.82) is 0 Å². The Kier molecular flexibility index (Phi) is 6.30. The molecular formula is C14H30N2O2. The van der Waals surface area contributed by atoms with Gasteiger partial charge in [-0.1, -0.05) is 6.92 Å². The van der Waals surface area contributed by atoms with Gasteiger partial charge in [0, 0.05) is 18.1 Å². The first kappa shape index (κ1) is 17.4. The van der Waals surface area contributed by atoms with E-state index in [1.54, 1.807) is 6.92 Å². The van der Waals surface area contributed by atoms with Crippen molar-refractivity contribution in [3.8, 4) is 0 Å². The lowest BCUT2D eigenvalue weighted by Crippen LogP contribution is -2.54. The van der Waals surface area contributed by atoms with Gasteiger partial charge in [0.2, 0.25) is 0 Å². The summed E-state index contributed by atoms with van der Waals surface area (Å²) in [5.41, 5.74) is -0.747. The van der Waals surface area contributed by atoms with Gasteiger partial charge in [0.15, 0.2) is 0 Å². The van der Waals surface area contributed by atoms with E-state index < -0.39 is 11.5 Å². The van der Waals surface area contributed by atoms with Gasteiger partial charge in [-0.15, -0.1) is 0 Å². The molecule has 4 nitrogen and oxygen atoms in total. The van der Waals surface area contributed by atoms with Crippen molar-refractivity contribution in [3.63, 3.8) is 0 Å². The molecule has 0 aliphatic heterocycles. The Hall–Kier alpha value is -0.610. The van der Waals surface area contributed by atoms with Crippen molar-refractivity contribution in [3.05, 3.63) is 0 Å². The first-order chi connectivity index (χ1) is 8.05. The Balaban J connectivity index is 4.59. The zero-order valence-corrected chi connectivity index (χ0v) is 13.0. The van der Waals surface area contributed by atoms with Crippen LogP contribution in [-0.2, 0) is 4.79 Å². The Morgan fingerprint density at radius 1 is 1.33 bits per heavy atom. The second-order valence-electron chi connectivity index (χ2n) is 6.27. The van der Waals surface area contributed by atoms with Crippen LogP contribution in [0, 0.1) is 0 Å². The van der Waals surface area contributed by atoms with Crippen molar-refractivity contribution < 1.29 is 9.90 Å². The van der Waals surface area contributed by atoms with Crippen molar-refractivity contribution in [2.24, 2.45) is 0 Å². The summed E-state index contributed by atoms with van der Waals surface area (Å²) in [4.78, 5) is 13.6. The molecule has 0 aliphatic carbocycles. The molecule has 0 amide bonds. The largest absolute Gasteiger partial charge is 0.480 e. The van der Waals surface area contributed by atoms with Gasteiger partial charge in [-0.05, 0) is 54.5 Å². The zero-order valence-electron chi connectivity index (χ0n) is 13.0. The van der Waals surface area contributed by atoms with Crippen LogP contribution in [0.25, 0.3) is 0 Å². The molecule has 1 atom stereocenters. The molecule has 0 bridgehead atoms. The second kappa shape index (κ2) is 6.53. The Labute approximate surface area is 112 Å². The first-order valence-electron chi connectivity index (χ1n) is 6.77. The van der Waals surface area contributed by atoms with E-state index in [1.165, 1.54) is 0 Å². The molecule has 108 valence electrons. The fourth-order valence-corrected chi connectivity index (χ4v) is 1.84. The van der Waals surface area contributed by atoms with Gasteiger partial charge in [0.05, 0.1) is 0 Å². The summed E-state index contributed by atoms with van der Waals surface area (Å²) in [5.74, 6) is -0.779. The Morgan fingerprint density at radius 3 is 2.17 bits per heavy atom. The molecule has 0 aromatic rings. The standard InChI is InChI=1S/C14H30N2O2/c1-8-13(4,5)16(7)10-9-14(6,12(17)18)15-11(2)3/h11,15H,8-10H2,1-7H3,(H,17,18). The molecule has 0 aromatic carbocycles. The highest BCUT2D eigenvalue weighted by atomic mass is 16.4. The van der Waals surface area contributed by atoms with Crippen LogP contribution in [0.2, 0.25) is 0 Å². The minimum atomic E-state index is -0.855. The molecule has 0 rings (SSSR count). The maximum absolute atomic E-state index is 11.4. The number of nitrogens with zero attached hydrogens (tertiary/aromatic N) is 1. The maximum atomic E-state index is 11.4. The van der Waals surface area contributed by atoms with E-state index in [0.717, 1.165) is 13.0 Å². The van der Waals surface area contributed by atoms with E-state index in [-0.39, 0.29) is 11.6 Å². The normalized spacial score (nSPS) is 16.1. The lowest BCUT2D eigenvalue weighted by atomic mass is 9.94. The Bertz CT molecular complexity index is 277. The predicted octanol–water partition coefficient (Wildman–Crippen LogP) is 2.34. The summed E-state index contributed by atoms with van der Waals surface area (Å²) in [6.45, 7) is 13.0. The highest BCUT2D eigenvalue weighted by molar-refractivity contribution is 5.78. The lowest BCUT2D eigenvalue weighted by Gasteiger charge is -2.37. The van der Waals surface area contributed by atoms with E-state index in [2.05, 4.69) is 38.0 Å². The van der Waals surface area contributed by atoms with Crippen molar-refractivity contribution in [1.82, 2.24) is 10.2 Å². The van der Waals surface area contributed by atoms with Gasteiger partial charge in [0.25, 0.3) is 0 Å². The molecule has 0 heterocycles. The summed E-state index contributed by atoms with van der Waals surface area (Å²) >= 11 is 0. The van der Waals surface area contributed by atoms with Crippen LogP contribution in [0.1, 0.15) is 54.4 Å². The molecule has 0 saturated carbocycles. The number of hydrogen-bond acceptors (Lipinski definition) is 3. The third-order valence-electron chi connectivity index (χ3n) is 3.93. The van der Waals surface area contributed by atoms with E-state index in [0.29, 0.717) is 6.42 Å². The third kappa shape index (κ3) is 4.94. The topological polar surface area (TPSA) is 52.6 Å². The van der Waals surface area contributed by atoms with Gasteiger partial charge in [-0.3, -0.25) is 10.1 Å². The van der Waals surface area contributed by atoms with Crippen LogP contribution in [0.4, 0.5) is 0 Å². The smallest absolute Gasteiger partial charge is 0.323 e. The van der Waals surface area contributed by atoms with Gasteiger partial charge in [0.1, 0.15) is 5.54 Å². The molecule has 0 radical (unpaired) electrons. The van der Waals surface area contributed by atoms with Crippen LogP contribution in [-0.4, -0.2) is 46.7 Å². The molecule has 4 heteroatoms. The highest BCUT2D eigenvalue weighted by Crippen LogP contribution is 2.19. The fourth-order valence-electron chi connectivity index (χ4n) is 1.84. The highest BCUT2D eigenvalue weighted by Gasteiger charge is 2.34. The quantitative estimate of drug-likeness (QED) is 0.701. The molecule has 1 unspecified atom stereocenters. The summed E-state index contributed by atoms with van der Waals surface area (Å²) in [7, 11) is 2.06. The SMILES string of the molecule is CCC(C)(C)N(C)CCC(C)(NC(C)C)C(=O)O. The summed E-state index contributed by atoms with van der Waals surface area (Å²) in [6, 6.07) is 0.163. The maximum Gasteiger partial charge on any atom is 0.323 e. The fraction of sp³-hybridized carbons (Fsp3) is 0.929. The van der Waals surface area contributed by atoms with E-state index in [1.807, 2.05) is 13.8 Å². The van der Waals surface area contributed by atoms with Gasteiger partial charge < -0.3 is 10.0 Å². The predicted molar refractivity (Wildman–Crippen MR) is 75.9 cm³/mol. The van der Waals surface area contributed by atoms with E-state index in [4.69, 9.17) is 0 Å². The van der Waals surface area contributed by atoms with Crippen molar-refractivity contribution in [2.75, 3.05) is 13.6 Å². The Morgan fingerprint density at radius 2 is 1.83 bits per heavy atom. The third-order valence-corrected chi connectivity index (χ3v) is 3.93. The van der Waals surface area contributed by atoms with Crippen LogP contribution in [0.15, 0.2) is 0 Å². The van der Waals surface area contributed by atoms with E-state index >= 15 is 0 Å². The number of carboxylic acid groups (broad SMARTS) is 1. The number of carbonyl (C=O) groups is 1. The number of carboxylic acids is 1. The molecule has 2 N–H and O–H groups in total. The average molecular weight is 258 g/mol. The average Bonchev–Trinajstić information content (AvgIpc) is 2.24. The van der Waals surface area contributed by atoms with E-state index in [9.17, 15) is 9.90 Å². The van der Waals surface area contributed by atoms with Gasteiger partial charge in [-0.2, -0.15) is 0 Å². The number of rotatable bonds is 8. The number of nitrogens with one attached hydrogen (secondary N) is 1. The van der Waals surface area contributed by atoms with Crippen molar-refractivity contribution >= 4 is 5.97 Å². The number of aliphatic carboxylic acids is 1. The minimum absolute atomic E-state index is 0.108. The molecule has 0 aromatic heterocycles. The molecule has 18 heavy (non-hydrogen) atoms. The van der Waals surface area contributed by atoms with Crippen LogP contribution in [0.5, 0.6) is 0 Å². The monoisotopic (exact) mass is 258 g/mol. The summed E-state index contributed by atoms with van der Waals surface area (Å²) in [5, 5.41) is 12.5. The first-order valence-corrected chi connectivity index (χ1v) is 6.77. The van der Waals surface area contributed by atoms with Crippen LogP contribution >= 0.6 is 0 Å². The molecule has 0 fully saturated rings. The summed E-state index contributed by atoms with van der Waals surface area (Å²) < 4.78 is 0. The molecule has 0 aliphatic rings. The van der Waals surface area contributed by atoms with Gasteiger partial charge in [-0.25, -0.2) is 0 Å². The lowest BCUT2D eigenvalue weighted by molar-refractivity contribution is -0.145. The van der Waals surface area contributed by atoms with Crippen LogP contribution in [0.3, 0.4) is 0 Å². The van der Waals surface area contributed by atoms with Crippen molar-refractivity contribution in [2.45, 2.75) is 71.5 Å². The zero-order chi connectivity index (χ0) is 14.6. The number of hydrogen-bond donors (Lipinski definition) is 2. The van der Waals surface area contributed by atoms with Gasteiger partial charge >= 0.3 is 5.97 Å². The minimum Gasteiger partial charge on any atom is -0.480 e. The molecular weight excluding hydrogens is 228 g/mol. The molecule has 0 saturated heterocycles. The summed E-state index contributed by atoms with van der Waals surface area (Å²) in [6.07, 6.45) is 1.64. The molecule has 0 spiro atoms. The second-order valence-corrected chi connectivity index (χ2v) is 6.27.